The van der Waals surface area contributed by atoms with Gasteiger partial charge in [0.05, 0.1) is 4.90 Å². The van der Waals surface area contributed by atoms with Crippen LogP contribution in [0.25, 0.3) is 0 Å². The molecule has 2 aromatic rings. The van der Waals surface area contributed by atoms with Crippen LogP contribution in [0.2, 0.25) is 0 Å². The minimum absolute atomic E-state index is 0.0463. The lowest BCUT2D eigenvalue weighted by atomic mass is 9.92. The molecule has 0 aliphatic carbocycles. The molecule has 1 N–H and O–H groups in total. The van der Waals surface area contributed by atoms with Crippen molar-refractivity contribution < 1.29 is 27.8 Å². The fourth-order valence-corrected chi connectivity index (χ4v) is 4.42. The average molecular weight is 475 g/mol. The van der Waals surface area contributed by atoms with E-state index < -0.39 is 21.5 Å². The van der Waals surface area contributed by atoms with E-state index in [1.54, 1.807) is 31.2 Å². The first-order chi connectivity index (χ1) is 15.5. The summed E-state index contributed by atoms with van der Waals surface area (Å²) < 4.78 is 38.5. The van der Waals surface area contributed by atoms with Crippen LogP contribution in [0.5, 0.6) is 11.5 Å². The summed E-state index contributed by atoms with van der Waals surface area (Å²) in [6, 6.07) is 12.2. The highest BCUT2D eigenvalue weighted by Crippen LogP contribution is 2.34. The van der Waals surface area contributed by atoms with Crippen LogP contribution in [0.1, 0.15) is 19.4 Å². The third kappa shape index (κ3) is 6.26. The Kier molecular flexibility index (Phi) is 8.88. The van der Waals surface area contributed by atoms with Gasteiger partial charge in [-0.3, -0.25) is 0 Å². The average Bonchev–Trinajstić information content (AvgIpc) is 2.78. The molecule has 2 rings (SSSR count). The Morgan fingerprint density at radius 2 is 1.55 bits per heavy atom. The van der Waals surface area contributed by atoms with Crippen molar-refractivity contribution in [3.8, 4) is 23.3 Å². The maximum absolute atomic E-state index is 13.3. The fourth-order valence-electron chi connectivity index (χ4n) is 2.96. The number of hydrogen-bond donors (Lipinski definition) is 1. The van der Waals surface area contributed by atoms with Gasteiger partial charge in [0.2, 0.25) is 10.0 Å². The van der Waals surface area contributed by atoms with Crippen LogP contribution in [0, 0.1) is 11.8 Å². The number of ether oxygens (including phenoxy) is 2. The number of carboxylic acids is 1. The molecule has 0 aliphatic heterocycles. The van der Waals surface area contributed by atoms with E-state index in [-0.39, 0.29) is 11.5 Å². The van der Waals surface area contributed by atoms with Crippen molar-refractivity contribution in [2.45, 2.75) is 24.3 Å². The molecule has 0 aromatic heterocycles. The van der Waals surface area contributed by atoms with Crippen molar-refractivity contribution in [2.75, 3.05) is 40.9 Å². The van der Waals surface area contributed by atoms with E-state index in [0.29, 0.717) is 23.7 Å². The van der Waals surface area contributed by atoms with Gasteiger partial charge in [-0.05, 0) is 69.9 Å². The predicted molar refractivity (Wildman–Crippen MR) is 126 cm³/mol. The van der Waals surface area contributed by atoms with Gasteiger partial charge in [0.25, 0.3) is 0 Å². The molecule has 0 fully saturated rings. The lowest BCUT2D eigenvalue weighted by Crippen LogP contribution is -2.50. The molecule has 1 unspecified atom stereocenters. The number of carbonyl (C=O) groups is 1. The maximum Gasteiger partial charge on any atom is 0.329 e. The van der Waals surface area contributed by atoms with Gasteiger partial charge < -0.3 is 19.5 Å². The number of aliphatic carboxylic acids is 1. The van der Waals surface area contributed by atoms with Gasteiger partial charge in [0.1, 0.15) is 24.7 Å². The monoisotopic (exact) mass is 474 g/mol. The summed E-state index contributed by atoms with van der Waals surface area (Å²) in [6.45, 7) is 4.44. The van der Waals surface area contributed by atoms with Crippen molar-refractivity contribution in [1.29, 1.82) is 0 Å². The number of hydrogen-bond acceptors (Lipinski definition) is 6. The minimum Gasteiger partial charge on any atom is -0.492 e. The van der Waals surface area contributed by atoms with Crippen LogP contribution >= 0.6 is 0 Å². The van der Waals surface area contributed by atoms with E-state index >= 15 is 0 Å². The van der Waals surface area contributed by atoms with Gasteiger partial charge in [0, 0.05) is 13.6 Å². The SMILES string of the molecule is CC#CCOc1ccc(S(=O)(=O)N(C)C(C)(C(=O)O)c2ccc(OCCN(C)C)cc2)cc1. The van der Waals surface area contributed by atoms with Gasteiger partial charge in [-0.2, -0.15) is 4.31 Å². The Hall–Kier alpha value is -3.06. The Labute approximate surface area is 195 Å². The third-order valence-electron chi connectivity index (χ3n) is 5.24. The van der Waals surface area contributed by atoms with Crippen molar-refractivity contribution in [2.24, 2.45) is 0 Å². The second-order valence-corrected chi connectivity index (χ2v) is 9.68. The standard InChI is InChI=1S/C24H30N2O6S/c1-6-7-17-31-21-12-14-22(15-13-21)33(29,30)26(5)24(2,23(27)28)19-8-10-20(11-9-19)32-18-16-25(3)4/h8-15H,16-18H2,1-5H3,(H,27,28). The lowest BCUT2D eigenvalue weighted by Gasteiger charge is -2.34. The smallest absolute Gasteiger partial charge is 0.329 e. The van der Waals surface area contributed by atoms with Gasteiger partial charge in [-0.25, -0.2) is 13.2 Å². The first-order valence-corrected chi connectivity index (χ1v) is 11.7. The second kappa shape index (κ2) is 11.2. The quantitative estimate of drug-likeness (QED) is 0.500. The number of benzene rings is 2. The van der Waals surface area contributed by atoms with Crippen LogP contribution in [0.3, 0.4) is 0 Å². The molecule has 0 radical (unpaired) electrons. The molecule has 0 aliphatic rings. The molecule has 33 heavy (non-hydrogen) atoms. The van der Waals surface area contributed by atoms with Gasteiger partial charge in [-0.1, -0.05) is 18.1 Å². The molecule has 0 heterocycles. The Morgan fingerprint density at radius 3 is 2.06 bits per heavy atom. The molecule has 8 nitrogen and oxygen atoms in total. The molecule has 0 saturated heterocycles. The zero-order valence-corrected chi connectivity index (χ0v) is 20.3. The largest absolute Gasteiger partial charge is 0.492 e. The molecule has 1 atom stereocenters. The maximum atomic E-state index is 13.3. The molecule has 0 amide bonds. The zero-order valence-electron chi connectivity index (χ0n) is 19.5. The van der Waals surface area contributed by atoms with Crippen LogP contribution < -0.4 is 9.47 Å². The summed E-state index contributed by atoms with van der Waals surface area (Å²) in [5.41, 5.74) is -1.54. The molecular weight excluding hydrogens is 444 g/mol. The number of nitrogens with zero attached hydrogens (tertiary/aromatic N) is 2. The Balaban J connectivity index is 2.29. The molecule has 0 spiro atoms. The summed E-state index contributed by atoms with van der Waals surface area (Å²) in [5.74, 6) is 5.20. The first-order valence-electron chi connectivity index (χ1n) is 10.3. The molecule has 178 valence electrons. The number of sulfonamides is 1. The van der Waals surface area contributed by atoms with Crippen LogP contribution in [0.15, 0.2) is 53.4 Å². The highest BCUT2D eigenvalue weighted by molar-refractivity contribution is 7.89. The van der Waals surface area contributed by atoms with Gasteiger partial charge in [-0.15, -0.1) is 5.92 Å². The van der Waals surface area contributed by atoms with Gasteiger partial charge in [0.15, 0.2) is 5.54 Å². The number of carboxylic acid groups (broad SMARTS) is 1. The second-order valence-electron chi connectivity index (χ2n) is 7.71. The van der Waals surface area contributed by atoms with E-state index in [4.69, 9.17) is 9.47 Å². The van der Waals surface area contributed by atoms with Crippen molar-refractivity contribution >= 4 is 16.0 Å². The van der Waals surface area contributed by atoms with E-state index in [9.17, 15) is 18.3 Å². The third-order valence-corrected chi connectivity index (χ3v) is 7.19. The first kappa shape index (κ1) is 26.2. The topological polar surface area (TPSA) is 96.4 Å². The highest BCUT2D eigenvalue weighted by atomic mass is 32.2. The molecule has 2 aromatic carbocycles. The van der Waals surface area contributed by atoms with Crippen molar-refractivity contribution in [3.05, 3.63) is 54.1 Å². The number of rotatable bonds is 11. The number of likely N-dealkylation sites (N-methyl/N-ethyl adjacent to an activating group) is 2. The predicted octanol–water partition coefficient (Wildman–Crippen LogP) is 2.65. The zero-order chi connectivity index (χ0) is 24.6. The summed E-state index contributed by atoms with van der Waals surface area (Å²) in [5, 5.41) is 10.0. The summed E-state index contributed by atoms with van der Waals surface area (Å²) in [6.07, 6.45) is 0. The normalized spacial score (nSPS) is 13.2. The van der Waals surface area contributed by atoms with Crippen molar-refractivity contribution in [1.82, 2.24) is 9.21 Å². The minimum atomic E-state index is -4.13. The van der Waals surface area contributed by atoms with E-state index in [0.717, 1.165) is 10.8 Å². The molecule has 0 bridgehead atoms. The van der Waals surface area contributed by atoms with E-state index in [2.05, 4.69) is 11.8 Å². The molecule has 0 saturated carbocycles. The summed E-state index contributed by atoms with van der Waals surface area (Å²) >= 11 is 0. The van der Waals surface area contributed by atoms with E-state index in [1.165, 1.54) is 38.2 Å². The van der Waals surface area contributed by atoms with Crippen LogP contribution in [-0.4, -0.2) is 69.6 Å². The van der Waals surface area contributed by atoms with Gasteiger partial charge >= 0.3 is 5.97 Å². The summed E-state index contributed by atoms with van der Waals surface area (Å²) in [4.78, 5) is 14.2. The molecule has 9 heteroatoms. The van der Waals surface area contributed by atoms with Crippen LogP contribution in [0.4, 0.5) is 0 Å². The van der Waals surface area contributed by atoms with Crippen LogP contribution in [-0.2, 0) is 20.4 Å². The lowest BCUT2D eigenvalue weighted by molar-refractivity contribution is -0.147. The molecular formula is C24H30N2O6S. The summed E-state index contributed by atoms with van der Waals surface area (Å²) in [7, 11) is 0.989. The Morgan fingerprint density at radius 1 is 1.00 bits per heavy atom. The highest BCUT2D eigenvalue weighted by Gasteiger charge is 2.45. The fraction of sp³-hybridized carbons (Fsp3) is 0.375. The van der Waals surface area contributed by atoms with E-state index in [1.807, 2.05) is 19.0 Å². The Bertz CT molecular complexity index is 1100. The van der Waals surface area contributed by atoms with Crippen molar-refractivity contribution in [3.63, 3.8) is 0 Å².